The second-order valence-electron chi connectivity index (χ2n) is 5.34. The van der Waals surface area contributed by atoms with E-state index in [9.17, 15) is 19.5 Å². The molecule has 0 saturated carbocycles. The molecule has 6 heteroatoms. The normalized spacial score (nSPS) is 16.5. The van der Waals surface area contributed by atoms with Crippen LogP contribution in [0.3, 0.4) is 0 Å². The summed E-state index contributed by atoms with van der Waals surface area (Å²) in [7, 11) is 0. The van der Waals surface area contributed by atoms with Gasteiger partial charge in [-0.2, -0.15) is 0 Å². The van der Waals surface area contributed by atoms with Gasteiger partial charge in [-0.05, 0) is 30.9 Å². The van der Waals surface area contributed by atoms with Crippen molar-refractivity contribution in [3.8, 4) is 0 Å². The number of aryl methyl sites for hydroxylation is 2. The minimum atomic E-state index is -1.31. The minimum Gasteiger partial charge on any atom is -0.477 e. The Kier molecular flexibility index (Phi) is 3.44. The lowest BCUT2D eigenvalue weighted by atomic mass is 10.1. The number of aromatic nitrogens is 2. The summed E-state index contributed by atoms with van der Waals surface area (Å²) in [6.07, 6.45) is 2.53. The second kappa shape index (κ2) is 5.29. The SMILES string of the molecule is CCn1cc(C(=O)O)c(=O)n(C2CCc3ccccc32)c1=O. The fourth-order valence-corrected chi connectivity index (χ4v) is 3.07. The molecule has 1 N–H and O–H groups in total. The van der Waals surface area contributed by atoms with E-state index in [0.29, 0.717) is 13.0 Å². The van der Waals surface area contributed by atoms with Gasteiger partial charge in [0.05, 0.1) is 6.04 Å². The van der Waals surface area contributed by atoms with Gasteiger partial charge in [-0.1, -0.05) is 24.3 Å². The lowest BCUT2D eigenvalue weighted by Gasteiger charge is -2.17. The van der Waals surface area contributed by atoms with Crippen LogP contribution in [0.2, 0.25) is 0 Å². The molecule has 0 fully saturated rings. The van der Waals surface area contributed by atoms with E-state index in [1.165, 1.54) is 4.57 Å². The van der Waals surface area contributed by atoms with Crippen LogP contribution in [0.5, 0.6) is 0 Å². The van der Waals surface area contributed by atoms with Crippen LogP contribution in [-0.4, -0.2) is 20.2 Å². The highest BCUT2D eigenvalue weighted by molar-refractivity contribution is 5.86. The van der Waals surface area contributed by atoms with E-state index >= 15 is 0 Å². The van der Waals surface area contributed by atoms with Gasteiger partial charge in [-0.15, -0.1) is 0 Å². The van der Waals surface area contributed by atoms with Crippen molar-refractivity contribution >= 4 is 5.97 Å². The van der Waals surface area contributed by atoms with Crippen molar-refractivity contribution in [3.05, 3.63) is 68.0 Å². The second-order valence-corrected chi connectivity index (χ2v) is 5.34. The summed E-state index contributed by atoms with van der Waals surface area (Å²) in [6.45, 7) is 2.05. The quantitative estimate of drug-likeness (QED) is 0.925. The summed E-state index contributed by atoms with van der Waals surface area (Å²) in [4.78, 5) is 36.3. The van der Waals surface area contributed by atoms with Gasteiger partial charge >= 0.3 is 11.7 Å². The number of carbonyl (C=O) groups is 1. The highest BCUT2D eigenvalue weighted by Gasteiger charge is 2.28. The predicted molar refractivity (Wildman–Crippen MR) is 80.5 cm³/mol. The first kappa shape index (κ1) is 14.3. The third-order valence-corrected chi connectivity index (χ3v) is 4.17. The van der Waals surface area contributed by atoms with Crippen molar-refractivity contribution in [1.82, 2.24) is 9.13 Å². The number of carboxylic acids is 1. The van der Waals surface area contributed by atoms with E-state index < -0.39 is 23.3 Å². The van der Waals surface area contributed by atoms with Crippen LogP contribution in [0, 0.1) is 0 Å². The number of nitrogens with zero attached hydrogens (tertiary/aromatic N) is 2. The fourth-order valence-electron chi connectivity index (χ4n) is 3.07. The van der Waals surface area contributed by atoms with Crippen molar-refractivity contribution in [3.63, 3.8) is 0 Å². The Morgan fingerprint density at radius 2 is 2.05 bits per heavy atom. The number of rotatable bonds is 3. The molecule has 114 valence electrons. The Morgan fingerprint density at radius 3 is 2.73 bits per heavy atom. The number of hydrogen-bond acceptors (Lipinski definition) is 3. The lowest BCUT2D eigenvalue weighted by Crippen LogP contribution is -2.44. The number of hydrogen-bond donors (Lipinski definition) is 1. The van der Waals surface area contributed by atoms with E-state index in [2.05, 4.69) is 0 Å². The molecule has 1 aliphatic carbocycles. The Labute approximate surface area is 126 Å². The van der Waals surface area contributed by atoms with Gasteiger partial charge in [0, 0.05) is 12.7 Å². The summed E-state index contributed by atoms with van der Waals surface area (Å²) in [5, 5.41) is 9.21. The summed E-state index contributed by atoms with van der Waals surface area (Å²) in [5.41, 5.74) is 0.461. The maximum atomic E-state index is 12.5. The molecule has 0 bridgehead atoms. The molecule has 0 spiro atoms. The van der Waals surface area contributed by atoms with Crippen LogP contribution >= 0.6 is 0 Å². The zero-order valence-electron chi connectivity index (χ0n) is 12.2. The third-order valence-electron chi connectivity index (χ3n) is 4.17. The maximum Gasteiger partial charge on any atom is 0.342 e. The Hall–Kier alpha value is -2.63. The van der Waals surface area contributed by atoms with Crippen LogP contribution in [0.15, 0.2) is 40.1 Å². The van der Waals surface area contributed by atoms with Gasteiger partial charge in [0.1, 0.15) is 5.56 Å². The van der Waals surface area contributed by atoms with E-state index in [-0.39, 0.29) is 5.56 Å². The Bertz CT molecular complexity index is 863. The molecule has 0 saturated heterocycles. The molecule has 2 aromatic rings. The van der Waals surface area contributed by atoms with Crippen LogP contribution in [-0.2, 0) is 13.0 Å². The summed E-state index contributed by atoms with van der Waals surface area (Å²) < 4.78 is 2.37. The van der Waals surface area contributed by atoms with Crippen LogP contribution in [0.25, 0.3) is 0 Å². The van der Waals surface area contributed by atoms with Gasteiger partial charge in [-0.25, -0.2) is 9.59 Å². The number of benzene rings is 1. The predicted octanol–water partition coefficient (Wildman–Crippen LogP) is 1.26. The van der Waals surface area contributed by atoms with Gasteiger partial charge < -0.3 is 5.11 Å². The molecule has 1 aromatic heterocycles. The first-order valence-corrected chi connectivity index (χ1v) is 7.21. The molecule has 0 amide bonds. The first-order chi connectivity index (χ1) is 10.5. The maximum absolute atomic E-state index is 12.5. The minimum absolute atomic E-state index is 0.313. The standard InChI is InChI=1S/C16H16N2O4/c1-2-17-9-12(15(20)21)14(19)18(16(17)22)13-8-7-10-5-3-4-6-11(10)13/h3-6,9,13H,2,7-8H2,1H3,(H,20,21). The highest BCUT2D eigenvalue weighted by Crippen LogP contribution is 2.32. The van der Waals surface area contributed by atoms with Crippen molar-refractivity contribution in [2.75, 3.05) is 0 Å². The summed E-state index contributed by atoms with van der Waals surface area (Å²) in [6, 6.07) is 7.25. The molecule has 1 heterocycles. The van der Waals surface area contributed by atoms with Gasteiger partial charge in [0.15, 0.2) is 0 Å². The molecule has 3 rings (SSSR count). The lowest BCUT2D eigenvalue weighted by molar-refractivity contribution is 0.0692. The Balaban J connectivity index is 2.28. The summed E-state index contributed by atoms with van der Waals surface area (Å²) >= 11 is 0. The molecule has 1 aliphatic rings. The smallest absolute Gasteiger partial charge is 0.342 e. The first-order valence-electron chi connectivity index (χ1n) is 7.21. The molecule has 1 atom stereocenters. The molecular formula is C16H16N2O4. The average Bonchev–Trinajstić information content (AvgIpc) is 2.91. The molecular weight excluding hydrogens is 284 g/mol. The van der Waals surface area contributed by atoms with Crippen LogP contribution < -0.4 is 11.2 Å². The molecule has 0 radical (unpaired) electrons. The van der Waals surface area contributed by atoms with Crippen LogP contribution in [0.1, 0.15) is 40.9 Å². The number of fused-ring (bicyclic) bond motifs is 1. The third kappa shape index (κ3) is 2.07. The van der Waals surface area contributed by atoms with Crippen molar-refractivity contribution in [2.24, 2.45) is 0 Å². The van der Waals surface area contributed by atoms with Crippen molar-refractivity contribution in [2.45, 2.75) is 32.4 Å². The topological polar surface area (TPSA) is 81.3 Å². The fraction of sp³-hybridized carbons (Fsp3) is 0.312. The number of carboxylic acid groups (broad SMARTS) is 1. The van der Waals surface area contributed by atoms with Crippen molar-refractivity contribution in [1.29, 1.82) is 0 Å². The van der Waals surface area contributed by atoms with E-state index in [0.717, 1.165) is 28.3 Å². The number of aromatic carboxylic acids is 1. The molecule has 0 aliphatic heterocycles. The molecule has 6 nitrogen and oxygen atoms in total. The van der Waals surface area contributed by atoms with Gasteiger partial charge in [0.25, 0.3) is 5.56 Å². The van der Waals surface area contributed by atoms with E-state index in [1.807, 2.05) is 24.3 Å². The van der Waals surface area contributed by atoms with Gasteiger partial charge in [-0.3, -0.25) is 13.9 Å². The van der Waals surface area contributed by atoms with Crippen molar-refractivity contribution < 1.29 is 9.90 Å². The average molecular weight is 300 g/mol. The van der Waals surface area contributed by atoms with Crippen LogP contribution in [0.4, 0.5) is 0 Å². The van der Waals surface area contributed by atoms with E-state index in [1.54, 1.807) is 6.92 Å². The van der Waals surface area contributed by atoms with Gasteiger partial charge in [0.2, 0.25) is 0 Å². The van der Waals surface area contributed by atoms with E-state index in [4.69, 9.17) is 0 Å². The Morgan fingerprint density at radius 1 is 1.32 bits per heavy atom. The highest BCUT2D eigenvalue weighted by atomic mass is 16.4. The summed E-state index contributed by atoms with van der Waals surface area (Å²) in [5.74, 6) is -1.31. The zero-order chi connectivity index (χ0) is 15.9. The largest absolute Gasteiger partial charge is 0.477 e. The zero-order valence-corrected chi connectivity index (χ0v) is 12.2. The molecule has 22 heavy (non-hydrogen) atoms. The molecule has 1 unspecified atom stereocenters. The molecule has 1 aromatic carbocycles. The monoisotopic (exact) mass is 300 g/mol.